The number of benzene rings is 1. The molecule has 0 bridgehead atoms. The lowest BCUT2D eigenvalue weighted by atomic mass is 9.96. The highest BCUT2D eigenvalue weighted by molar-refractivity contribution is 5.28. The van der Waals surface area contributed by atoms with Crippen LogP contribution in [0.2, 0.25) is 0 Å². The van der Waals surface area contributed by atoms with Crippen molar-refractivity contribution in [3.05, 3.63) is 35.4 Å². The van der Waals surface area contributed by atoms with E-state index < -0.39 is 0 Å². The first-order valence-corrected chi connectivity index (χ1v) is 7.66. The Labute approximate surface area is 118 Å². The molecule has 1 aromatic rings. The topological polar surface area (TPSA) is 15.3 Å². The molecule has 0 aliphatic carbocycles. The van der Waals surface area contributed by atoms with E-state index in [0.29, 0.717) is 6.04 Å². The molecule has 1 N–H and O–H groups in total. The Bertz CT molecular complexity index is 381. The maximum Gasteiger partial charge on any atom is 0.0332 e. The quantitative estimate of drug-likeness (QED) is 0.873. The third-order valence-corrected chi connectivity index (χ3v) is 4.52. The number of aryl methyl sites for hydroxylation is 1. The van der Waals surface area contributed by atoms with Crippen LogP contribution in [-0.2, 0) is 0 Å². The summed E-state index contributed by atoms with van der Waals surface area (Å²) in [5, 5.41) is 3.48. The highest BCUT2D eigenvalue weighted by Gasteiger charge is 2.17. The fourth-order valence-corrected chi connectivity index (χ4v) is 3.03. The van der Waals surface area contributed by atoms with Gasteiger partial charge in [-0.3, -0.25) is 0 Å². The molecule has 19 heavy (non-hydrogen) atoms. The van der Waals surface area contributed by atoms with Crippen molar-refractivity contribution in [2.24, 2.45) is 5.92 Å². The Kier molecular flexibility index (Phi) is 5.41. The fraction of sp³-hybridized carbons (Fsp3) is 0.647. The van der Waals surface area contributed by atoms with Gasteiger partial charge in [0.25, 0.3) is 0 Å². The van der Waals surface area contributed by atoms with Crippen LogP contribution < -0.4 is 5.32 Å². The van der Waals surface area contributed by atoms with Crippen molar-refractivity contribution < 1.29 is 0 Å². The molecule has 1 fully saturated rings. The average molecular weight is 260 g/mol. The molecule has 0 saturated carbocycles. The van der Waals surface area contributed by atoms with Gasteiger partial charge in [-0.05, 0) is 69.9 Å². The number of nitrogens with one attached hydrogen (secondary N) is 1. The second-order valence-corrected chi connectivity index (χ2v) is 6.01. The van der Waals surface area contributed by atoms with Gasteiger partial charge in [-0.1, -0.05) is 31.2 Å². The molecule has 0 aromatic heterocycles. The Balaban J connectivity index is 1.88. The maximum atomic E-state index is 3.48. The molecule has 0 amide bonds. The minimum Gasteiger partial charge on any atom is -0.313 e. The number of rotatable bonds is 5. The minimum absolute atomic E-state index is 0.487. The summed E-state index contributed by atoms with van der Waals surface area (Å²) in [7, 11) is 2.08. The molecule has 1 unspecified atom stereocenters. The van der Waals surface area contributed by atoms with Gasteiger partial charge in [0.15, 0.2) is 0 Å². The van der Waals surface area contributed by atoms with E-state index in [1.807, 2.05) is 0 Å². The monoisotopic (exact) mass is 260 g/mol. The van der Waals surface area contributed by atoms with E-state index in [-0.39, 0.29) is 0 Å². The summed E-state index contributed by atoms with van der Waals surface area (Å²) in [5.74, 6) is 0.924. The van der Waals surface area contributed by atoms with Crippen LogP contribution in [0, 0.1) is 12.8 Å². The first-order valence-electron chi connectivity index (χ1n) is 7.66. The molecule has 1 heterocycles. The molecule has 106 valence electrons. The Morgan fingerprint density at radius 2 is 1.95 bits per heavy atom. The van der Waals surface area contributed by atoms with Crippen molar-refractivity contribution >= 4 is 0 Å². The van der Waals surface area contributed by atoms with Gasteiger partial charge in [0.05, 0.1) is 0 Å². The zero-order chi connectivity index (χ0) is 13.7. The van der Waals surface area contributed by atoms with Crippen LogP contribution in [-0.4, -0.2) is 31.6 Å². The van der Waals surface area contributed by atoms with Gasteiger partial charge >= 0.3 is 0 Å². The van der Waals surface area contributed by atoms with Gasteiger partial charge in [0.1, 0.15) is 0 Å². The molecule has 2 nitrogen and oxygen atoms in total. The van der Waals surface area contributed by atoms with E-state index in [9.17, 15) is 0 Å². The van der Waals surface area contributed by atoms with Crippen molar-refractivity contribution in [3.63, 3.8) is 0 Å². The molecule has 1 saturated heterocycles. The third kappa shape index (κ3) is 4.05. The molecule has 1 aliphatic heterocycles. The number of hydrogen-bond donors (Lipinski definition) is 1. The van der Waals surface area contributed by atoms with Crippen LogP contribution in [0.15, 0.2) is 24.3 Å². The van der Waals surface area contributed by atoms with Crippen molar-refractivity contribution in [2.45, 2.75) is 39.2 Å². The van der Waals surface area contributed by atoms with Gasteiger partial charge in [-0.15, -0.1) is 0 Å². The smallest absolute Gasteiger partial charge is 0.0332 e. The lowest BCUT2D eigenvalue weighted by molar-refractivity contribution is 0.185. The predicted molar refractivity (Wildman–Crippen MR) is 82.4 cm³/mol. The van der Waals surface area contributed by atoms with Gasteiger partial charge in [-0.2, -0.15) is 0 Å². The summed E-state index contributed by atoms with van der Waals surface area (Å²) < 4.78 is 0. The summed E-state index contributed by atoms with van der Waals surface area (Å²) in [6.45, 7) is 8.37. The summed E-state index contributed by atoms with van der Waals surface area (Å²) >= 11 is 0. The van der Waals surface area contributed by atoms with E-state index in [2.05, 4.69) is 55.4 Å². The van der Waals surface area contributed by atoms with Crippen molar-refractivity contribution in [2.75, 3.05) is 26.7 Å². The summed E-state index contributed by atoms with van der Waals surface area (Å²) in [4.78, 5) is 2.63. The normalized spacial score (nSPS) is 19.5. The van der Waals surface area contributed by atoms with E-state index in [0.717, 1.165) is 5.92 Å². The van der Waals surface area contributed by atoms with Crippen molar-refractivity contribution in [3.8, 4) is 0 Å². The molecule has 1 atom stereocenters. The molecular formula is C17H28N2. The molecule has 1 aromatic carbocycles. The minimum atomic E-state index is 0.487. The summed E-state index contributed by atoms with van der Waals surface area (Å²) in [6, 6.07) is 9.23. The van der Waals surface area contributed by atoms with Crippen LogP contribution in [0.5, 0.6) is 0 Å². The molecule has 0 spiro atoms. The summed E-state index contributed by atoms with van der Waals surface area (Å²) in [5.41, 5.74) is 2.85. The molecule has 2 rings (SSSR count). The van der Waals surface area contributed by atoms with Crippen molar-refractivity contribution in [1.29, 1.82) is 0 Å². The second-order valence-electron chi connectivity index (χ2n) is 6.01. The van der Waals surface area contributed by atoms with Crippen LogP contribution in [0.1, 0.15) is 43.4 Å². The third-order valence-electron chi connectivity index (χ3n) is 4.52. The van der Waals surface area contributed by atoms with Crippen molar-refractivity contribution in [1.82, 2.24) is 10.2 Å². The fourth-order valence-electron chi connectivity index (χ4n) is 3.03. The highest BCUT2D eigenvalue weighted by Crippen LogP contribution is 2.22. The zero-order valence-corrected chi connectivity index (χ0v) is 12.7. The summed E-state index contributed by atoms with van der Waals surface area (Å²) in [6.07, 6.45) is 3.94. The second kappa shape index (κ2) is 7.06. The zero-order valence-electron chi connectivity index (χ0n) is 12.7. The lowest BCUT2D eigenvalue weighted by Gasteiger charge is -2.31. The van der Waals surface area contributed by atoms with Gasteiger partial charge in [-0.25, -0.2) is 0 Å². The van der Waals surface area contributed by atoms with Gasteiger partial charge in [0.2, 0.25) is 0 Å². The van der Waals surface area contributed by atoms with Gasteiger partial charge in [0, 0.05) is 6.04 Å². The molecule has 1 aliphatic rings. The lowest BCUT2D eigenvalue weighted by Crippen LogP contribution is -2.35. The number of likely N-dealkylation sites (tertiary alicyclic amines) is 1. The van der Waals surface area contributed by atoms with E-state index in [1.165, 1.54) is 50.0 Å². The Morgan fingerprint density at radius 3 is 2.58 bits per heavy atom. The molecule has 0 radical (unpaired) electrons. The van der Waals surface area contributed by atoms with E-state index in [1.54, 1.807) is 0 Å². The Hall–Kier alpha value is -0.860. The SMILES string of the molecule is CNC(CCN1CCC(C)CC1)c1ccccc1C. The Morgan fingerprint density at radius 1 is 1.26 bits per heavy atom. The van der Waals surface area contributed by atoms with E-state index >= 15 is 0 Å². The van der Waals surface area contributed by atoms with Gasteiger partial charge < -0.3 is 10.2 Å². The largest absolute Gasteiger partial charge is 0.313 e. The first-order chi connectivity index (χ1) is 9.20. The van der Waals surface area contributed by atoms with Crippen LogP contribution in [0.4, 0.5) is 0 Å². The van der Waals surface area contributed by atoms with Crippen LogP contribution in [0.3, 0.4) is 0 Å². The average Bonchev–Trinajstić information content (AvgIpc) is 2.43. The van der Waals surface area contributed by atoms with E-state index in [4.69, 9.17) is 0 Å². The maximum absolute atomic E-state index is 3.48. The number of hydrogen-bond acceptors (Lipinski definition) is 2. The predicted octanol–water partition coefficient (Wildman–Crippen LogP) is 3.38. The first kappa shape index (κ1) is 14.5. The van der Waals surface area contributed by atoms with Crippen LogP contribution >= 0.6 is 0 Å². The molecule has 2 heteroatoms. The standard InChI is InChI=1S/C17H28N2/c1-14-8-11-19(12-9-14)13-10-17(18-3)16-7-5-4-6-15(16)2/h4-7,14,17-18H,8-13H2,1-3H3. The highest BCUT2D eigenvalue weighted by atomic mass is 15.1. The number of nitrogens with zero attached hydrogens (tertiary/aromatic N) is 1. The number of piperidine rings is 1. The van der Waals surface area contributed by atoms with Crippen LogP contribution in [0.25, 0.3) is 0 Å². The molecular weight excluding hydrogens is 232 g/mol.